The first kappa shape index (κ1) is 14.5. The van der Waals surface area contributed by atoms with Crippen LogP contribution < -0.4 is 5.43 Å². The third kappa shape index (κ3) is 2.21. The molecule has 0 spiro atoms. The van der Waals surface area contributed by atoms with E-state index >= 15 is 0 Å². The van der Waals surface area contributed by atoms with Crippen molar-refractivity contribution < 1.29 is 9.21 Å². The fourth-order valence-electron chi connectivity index (χ4n) is 3.89. The number of fused-ring (bicyclic) bond motifs is 4. The zero-order valence-corrected chi connectivity index (χ0v) is 13.7. The molecular weight excluding hydrogens is 318 g/mol. The predicted octanol–water partition coefficient (Wildman–Crippen LogP) is 2.13. The Morgan fingerprint density at radius 3 is 2.96 bits per heavy atom. The fraction of sp³-hybridized carbons (Fsp3) is 0.316. The standard InChI is InChI=1S/C19H17N3O3/c23-16-10-18(25-17-7-2-1-4-13(16)17)19(24)21-8-9-22-15(11-21)12-5-3-6-14(12)20-22/h1-2,4,7,10H,3,5-6,8-9,11H2. The van der Waals surface area contributed by atoms with Gasteiger partial charge in [-0.3, -0.25) is 14.3 Å². The first-order valence-electron chi connectivity index (χ1n) is 8.60. The van der Waals surface area contributed by atoms with Gasteiger partial charge in [0.15, 0.2) is 11.2 Å². The highest BCUT2D eigenvalue weighted by molar-refractivity contribution is 5.93. The molecule has 6 heteroatoms. The van der Waals surface area contributed by atoms with Gasteiger partial charge in [0.25, 0.3) is 5.91 Å². The quantitative estimate of drug-likeness (QED) is 0.683. The Balaban J connectivity index is 1.50. The Kier molecular flexibility index (Phi) is 3.07. The lowest BCUT2D eigenvalue weighted by Crippen LogP contribution is -2.39. The van der Waals surface area contributed by atoms with E-state index < -0.39 is 0 Å². The third-order valence-electron chi connectivity index (χ3n) is 5.15. The summed E-state index contributed by atoms with van der Waals surface area (Å²) in [5.41, 5.74) is 3.88. The van der Waals surface area contributed by atoms with Crippen LogP contribution in [0, 0.1) is 0 Å². The zero-order valence-electron chi connectivity index (χ0n) is 13.7. The molecule has 0 fully saturated rings. The number of rotatable bonds is 1. The van der Waals surface area contributed by atoms with E-state index in [1.165, 1.54) is 17.3 Å². The molecule has 0 saturated carbocycles. The molecule has 0 saturated heterocycles. The number of carbonyl (C=O) groups is 1. The second-order valence-electron chi connectivity index (χ2n) is 6.65. The SMILES string of the molecule is O=C(c1cc(=O)c2ccccc2o1)N1CCn2nc3c(c2C1)CCC3. The van der Waals surface area contributed by atoms with E-state index in [0.29, 0.717) is 30.6 Å². The molecule has 0 radical (unpaired) electrons. The van der Waals surface area contributed by atoms with E-state index in [1.54, 1.807) is 29.2 Å². The molecule has 0 atom stereocenters. The van der Waals surface area contributed by atoms with Gasteiger partial charge < -0.3 is 9.32 Å². The Bertz CT molecular complexity index is 1060. The van der Waals surface area contributed by atoms with Crippen LogP contribution in [0.4, 0.5) is 0 Å². The minimum atomic E-state index is -0.234. The largest absolute Gasteiger partial charge is 0.451 e. The maximum absolute atomic E-state index is 12.9. The number of benzene rings is 1. The minimum absolute atomic E-state index is 0.105. The van der Waals surface area contributed by atoms with Crippen LogP contribution in [0.2, 0.25) is 0 Å². The van der Waals surface area contributed by atoms with Crippen molar-refractivity contribution >= 4 is 16.9 Å². The summed E-state index contributed by atoms with van der Waals surface area (Å²) < 4.78 is 7.74. The molecule has 1 amide bonds. The lowest BCUT2D eigenvalue weighted by atomic mass is 10.1. The van der Waals surface area contributed by atoms with Gasteiger partial charge in [0, 0.05) is 12.6 Å². The van der Waals surface area contributed by atoms with Crippen molar-refractivity contribution in [1.29, 1.82) is 0 Å². The van der Waals surface area contributed by atoms with Crippen molar-refractivity contribution in [2.75, 3.05) is 6.54 Å². The van der Waals surface area contributed by atoms with Gasteiger partial charge in [-0.25, -0.2) is 0 Å². The Hall–Kier alpha value is -2.89. The number of hydrogen-bond acceptors (Lipinski definition) is 4. The summed E-state index contributed by atoms with van der Waals surface area (Å²) in [6, 6.07) is 8.31. The maximum Gasteiger partial charge on any atom is 0.290 e. The second kappa shape index (κ2) is 5.31. The van der Waals surface area contributed by atoms with E-state index in [2.05, 4.69) is 5.10 Å². The van der Waals surface area contributed by atoms with E-state index in [1.807, 2.05) is 4.68 Å². The number of aryl methyl sites for hydroxylation is 1. The first-order valence-corrected chi connectivity index (χ1v) is 8.60. The molecule has 0 bridgehead atoms. The van der Waals surface area contributed by atoms with Crippen molar-refractivity contribution in [2.24, 2.45) is 0 Å². The summed E-state index contributed by atoms with van der Waals surface area (Å²) in [4.78, 5) is 26.9. The molecule has 126 valence electrons. The number of nitrogens with zero attached hydrogens (tertiary/aromatic N) is 3. The molecule has 5 rings (SSSR count). The van der Waals surface area contributed by atoms with Gasteiger partial charge in [0.2, 0.25) is 0 Å². The fourth-order valence-corrected chi connectivity index (χ4v) is 3.89. The molecule has 3 aromatic rings. The van der Waals surface area contributed by atoms with Crippen LogP contribution in [0.25, 0.3) is 11.0 Å². The maximum atomic E-state index is 12.9. The summed E-state index contributed by atoms with van der Waals surface area (Å²) >= 11 is 0. The predicted molar refractivity (Wildman–Crippen MR) is 91.5 cm³/mol. The van der Waals surface area contributed by atoms with Crippen LogP contribution in [0.3, 0.4) is 0 Å². The van der Waals surface area contributed by atoms with Gasteiger partial charge in [-0.05, 0) is 37.0 Å². The minimum Gasteiger partial charge on any atom is -0.451 e. The third-order valence-corrected chi connectivity index (χ3v) is 5.15. The van der Waals surface area contributed by atoms with Gasteiger partial charge in [-0.1, -0.05) is 12.1 Å². The summed E-state index contributed by atoms with van der Waals surface area (Å²) in [6.07, 6.45) is 3.21. The highest BCUT2D eigenvalue weighted by Crippen LogP contribution is 2.28. The zero-order chi connectivity index (χ0) is 17.0. The topological polar surface area (TPSA) is 68.3 Å². The molecule has 0 N–H and O–H groups in total. The number of aromatic nitrogens is 2. The normalized spacial score (nSPS) is 16.1. The molecule has 25 heavy (non-hydrogen) atoms. The number of para-hydroxylation sites is 1. The molecule has 3 heterocycles. The van der Waals surface area contributed by atoms with Crippen molar-refractivity contribution in [2.45, 2.75) is 32.4 Å². The molecule has 0 unspecified atom stereocenters. The summed E-state index contributed by atoms with van der Waals surface area (Å²) in [7, 11) is 0. The second-order valence-corrected chi connectivity index (χ2v) is 6.65. The van der Waals surface area contributed by atoms with Crippen LogP contribution in [-0.4, -0.2) is 27.1 Å². The molecular formula is C19H17N3O3. The van der Waals surface area contributed by atoms with Crippen molar-refractivity contribution in [3.8, 4) is 0 Å². The molecule has 6 nitrogen and oxygen atoms in total. The van der Waals surface area contributed by atoms with Gasteiger partial charge >= 0.3 is 0 Å². The van der Waals surface area contributed by atoms with Crippen LogP contribution in [-0.2, 0) is 25.9 Å². The van der Waals surface area contributed by atoms with Crippen LogP contribution in [0.5, 0.6) is 0 Å². The number of hydrogen-bond donors (Lipinski definition) is 0. The van der Waals surface area contributed by atoms with Crippen molar-refractivity contribution in [3.63, 3.8) is 0 Å². The lowest BCUT2D eigenvalue weighted by molar-refractivity contribution is 0.0673. The van der Waals surface area contributed by atoms with Gasteiger partial charge in [-0.15, -0.1) is 0 Å². The van der Waals surface area contributed by atoms with Gasteiger partial charge in [-0.2, -0.15) is 5.10 Å². The molecule has 1 aromatic carbocycles. The Labute approximate surface area is 143 Å². The number of carbonyl (C=O) groups excluding carboxylic acids is 1. The summed E-state index contributed by atoms with van der Waals surface area (Å²) in [5.74, 6) is -0.129. The molecule has 2 aliphatic rings. The Morgan fingerprint density at radius 1 is 1.16 bits per heavy atom. The molecule has 1 aliphatic heterocycles. The average Bonchev–Trinajstić information content (AvgIpc) is 3.22. The van der Waals surface area contributed by atoms with Crippen molar-refractivity contribution in [3.05, 3.63) is 63.3 Å². The van der Waals surface area contributed by atoms with E-state index in [-0.39, 0.29) is 17.1 Å². The van der Waals surface area contributed by atoms with Crippen LogP contribution >= 0.6 is 0 Å². The van der Waals surface area contributed by atoms with E-state index in [9.17, 15) is 9.59 Å². The van der Waals surface area contributed by atoms with E-state index in [0.717, 1.165) is 25.0 Å². The van der Waals surface area contributed by atoms with Crippen molar-refractivity contribution in [1.82, 2.24) is 14.7 Å². The van der Waals surface area contributed by atoms with Crippen LogP contribution in [0.15, 0.2) is 39.5 Å². The average molecular weight is 335 g/mol. The lowest BCUT2D eigenvalue weighted by Gasteiger charge is -2.28. The molecule has 2 aromatic heterocycles. The smallest absolute Gasteiger partial charge is 0.290 e. The van der Waals surface area contributed by atoms with Gasteiger partial charge in [0.1, 0.15) is 5.58 Å². The Morgan fingerprint density at radius 2 is 2.04 bits per heavy atom. The monoisotopic (exact) mass is 335 g/mol. The highest BCUT2D eigenvalue weighted by Gasteiger charge is 2.30. The first-order chi connectivity index (χ1) is 12.2. The summed E-state index contributed by atoms with van der Waals surface area (Å²) in [5, 5.41) is 5.15. The summed E-state index contributed by atoms with van der Waals surface area (Å²) in [6.45, 7) is 1.78. The number of amides is 1. The highest BCUT2D eigenvalue weighted by atomic mass is 16.3. The van der Waals surface area contributed by atoms with E-state index in [4.69, 9.17) is 4.42 Å². The molecule has 1 aliphatic carbocycles. The van der Waals surface area contributed by atoms with Crippen LogP contribution in [0.1, 0.15) is 33.9 Å². The van der Waals surface area contributed by atoms with Gasteiger partial charge in [0.05, 0.1) is 29.9 Å².